The molecule has 1 aromatic heterocycles. The quantitative estimate of drug-likeness (QED) is 0.686. The van der Waals surface area contributed by atoms with Gasteiger partial charge in [-0.1, -0.05) is 18.2 Å². The van der Waals surface area contributed by atoms with Crippen molar-refractivity contribution in [3.05, 3.63) is 52.2 Å². The highest BCUT2D eigenvalue weighted by Gasteiger charge is 2.13. The van der Waals surface area contributed by atoms with Gasteiger partial charge in [0.2, 0.25) is 5.91 Å². The molecule has 0 aliphatic rings. The summed E-state index contributed by atoms with van der Waals surface area (Å²) >= 11 is 1.54. The van der Waals surface area contributed by atoms with Gasteiger partial charge in [-0.05, 0) is 36.9 Å². The molecule has 2 N–H and O–H groups in total. The number of amides is 2. The Kier molecular flexibility index (Phi) is 7.45. The van der Waals surface area contributed by atoms with Crippen LogP contribution in [0.15, 0.2) is 41.8 Å². The number of para-hydroxylation sites is 1. The van der Waals surface area contributed by atoms with E-state index in [0.717, 1.165) is 11.3 Å². The van der Waals surface area contributed by atoms with Crippen molar-refractivity contribution in [2.75, 3.05) is 25.1 Å². The van der Waals surface area contributed by atoms with Gasteiger partial charge in [0.1, 0.15) is 0 Å². The number of carbonyl (C=O) groups excluding carboxylic acids is 2. The van der Waals surface area contributed by atoms with Crippen molar-refractivity contribution in [3.63, 3.8) is 0 Å². The Balaban J connectivity index is 1.91. The van der Waals surface area contributed by atoms with Gasteiger partial charge in [0.15, 0.2) is 0 Å². The zero-order chi connectivity index (χ0) is 17.2. The molecule has 0 saturated carbocycles. The van der Waals surface area contributed by atoms with Crippen LogP contribution in [-0.4, -0.2) is 31.6 Å². The maximum atomic E-state index is 12.3. The van der Waals surface area contributed by atoms with Crippen LogP contribution in [0.2, 0.25) is 0 Å². The molecule has 1 aromatic carbocycles. The first-order valence-electron chi connectivity index (χ1n) is 7.98. The molecule has 5 nitrogen and oxygen atoms in total. The number of benzene rings is 1. The summed E-state index contributed by atoms with van der Waals surface area (Å²) in [6.45, 7) is 3.77. The van der Waals surface area contributed by atoms with E-state index in [0.29, 0.717) is 37.4 Å². The van der Waals surface area contributed by atoms with Crippen molar-refractivity contribution < 1.29 is 14.3 Å². The summed E-state index contributed by atoms with van der Waals surface area (Å²) in [4.78, 5) is 25.4. The largest absolute Gasteiger partial charge is 0.382 e. The summed E-state index contributed by atoms with van der Waals surface area (Å²) in [7, 11) is 0. The maximum absolute atomic E-state index is 12.3. The molecule has 0 saturated heterocycles. The molecule has 2 amide bonds. The fourth-order valence-electron chi connectivity index (χ4n) is 2.17. The Morgan fingerprint density at radius 2 is 2.00 bits per heavy atom. The van der Waals surface area contributed by atoms with Crippen LogP contribution in [0.1, 0.15) is 28.6 Å². The molecule has 0 aliphatic carbocycles. The zero-order valence-electron chi connectivity index (χ0n) is 13.7. The highest BCUT2D eigenvalue weighted by atomic mass is 32.1. The molecular weight excluding hydrogens is 324 g/mol. The Bertz CT molecular complexity index is 656. The monoisotopic (exact) mass is 346 g/mol. The lowest BCUT2D eigenvalue weighted by Crippen LogP contribution is -2.27. The van der Waals surface area contributed by atoms with Crippen molar-refractivity contribution >= 4 is 28.8 Å². The highest BCUT2D eigenvalue weighted by molar-refractivity contribution is 7.10. The van der Waals surface area contributed by atoms with E-state index < -0.39 is 0 Å². The molecule has 1 heterocycles. The Hall–Kier alpha value is -2.18. The third-order valence-corrected chi connectivity index (χ3v) is 4.19. The van der Waals surface area contributed by atoms with Crippen LogP contribution in [0.4, 0.5) is 5.69 Å². The number of thiophene rings is 1. The summed E-state index contributed by atoms with van der Waals surface area (Å²) in [5.74, 6) is -0.326. The first-order chi connectivity index (χ1) is 11.7. The average Bonchev–Trinajstić information content (AvgIpc) is 3.07. The van der Waals surface area contributed by atoms with Gasteiger partial charge < -0.3 is 15.4 Å². The van der Waals surface area contributed by atoms with Crippen molar-refractivity contribution in [1.82, 2.24) is 5.32 Å². The lowest BCUT2D eigenvalue weighted by molar-refractivity contribution is -0.115. The predicted molar refractivity (Wildman–Crippen MR) is 96.5 cm³/mol. The summed E-state index contributed by atoms with van der Waals surface area (Å²) in [6.07, 6.45) is 1.06. The molecule has 0 spiro atoms. The molecule has 0 unspecified atom stereocenters. The van der Waals surface area contributed by atoms with Crippen LogP contribution >= 0.6 is 11.3 Å². The number of nitrogens with one attached hydrogen (secondary N) is 2. The average molecular weight is 346 g/mol. The number of carbonyl (C=O) groups is 2. The number of anilines is 1. The normalized spacial score (nSPS) is 10.4. The topological polar surface area (TPSA) is 67.4 Å². The van der Waals surface area contributed by atoms with E-state index in [4.69, 9.17) is 4.74 Å². The summed E-state index contributed by atoms with van der Waals surface area (Å²) in [5, 5.41) is 7.61. The third kappa shape index (κ3) is 5.79. The minimum atomic E-state index is -0.196. The molecular formula is C18H22N2O3S. The second-order valence-corrected chi connectivity index (χ2v) is 6.19. The molecule has 2 rings (SSSR count). The Morgan fingerprint density at radius 3 is 2.75 bits per heavy atom. The maximum Gasteiger partial charge on any atom is 0.253 e. The van der Waals surface area contributed by atoms with E-state index in [2.05, 4.69) is 10.6 Å². The number of rotatable bonds is 9. The van der Waals surface area contributed by atoms with Gasteiger partial charge in [-0.15, -0.1) is 11.3 Å². The smallest absolute Gasteiger partial charge is 0.253 e. The fraction of sp³-hybridized carbons (Fsp3) is 0.333. The van der Waals surface area contributed by atoms with Gasteiger partial charge in [-0.25, -0.2) is 0 Å². The first kappa shape index (κ1) is 18.2. The Labute approximate surface area is 146 Å². The molecule has 2 aromatic rings. The van der Waals surface area contributed by atoms with Crippen LogP contribution in [-0.2, 0) is 16.0 Å². The van der Waals surface area contributed by atoms with Crippen LogP contribution in [0.5, 0.6) is 0 Å². The zero-order valence-corrected chi connectivity index (χ0v) is 14.5. The number of hydrogen-bond donors (Lipinski definition) is 2. The molecule has 0 aliphatic heterocycles. The van der Waals surface area contributed by atoms with Gasteiger partial charge >= 0.3 is 0 Å². The van der Waals surface area contributed by atoms with E-state index in [1.807, 2.05) is 24.4 Å². The molecule has 6 heteroatoms. The standard InChI is InChI=1S/C18H22N2O3S/c1-2-23-11-6-10-19-18(22)15-8-3-4-9-16(15)20-17(21)13-14-7-5-12-24-14/h3-5,7-9,12H,2,6,10-11,13H2,1H3,(H,19,22)(H,20,21). The van der Waals surface area contributed by atoms with Crippen molar-refractivity contribution in [2.24, 2.45) is 0 Å². The molecule has 0 radical (unpaired) electrons. The number of hydrogen-bond acceptors (Lipinski definition) is 4. The molecule has 128 valence electrons. The predicted octanol–water partition coefficient (Wildman–Crippen LogP) is 3.09. The van der Waals surface area contributed by atoms with Crippen LogP contribution in [0.25, 0.3) is 0 Å². The summed E-state index contributed by atoms with van der Waals surface area (Å²) in [6, 6.07) is 10.9. The lowest BCUT2D eigenvalue weighted by atomic mass is 10.1. The Morgan fingerprint density at radius 1 is 1.17 bits per heavy atom. The van der Waals surface area contributed by atoms with Crippen LogP contribution in [0, 0.1) is 0 Å². The van der Waals surface area contributed by atoms with Gasteiger partial charge in [0, 0.05) is 24.6 Å². The van der Waals surface area contributed by atoms with Gasteiger partial charge in [0.05, 0.1) is 17.7 Å². The van der Waals surface area contributed by atoms with Gasteiger partial charge in [-0.3, -0.25) is 9.59 Å². The van der Waals surface area contributed by atoms with Gasteiger partial charge in [0.25, 0.3) is 5.91 Å². The molecule has 0 bridgehead atoms. The van der Waals surface area contributed by atoms with E-state index in [1.54, 1.807) is 24.3 Å². The lowest BCUT2D eigenvalue weighted by Gasteiger charge is -2.11. The van der Waals surface area contributed by atoms with Crippen molar-refractivity contribution in [2.45, 2.75) is 19.8 Å². The minimum Gasteiger partial charge on any atom is -0.382 e. The van der Waals surface area contributed by atoms with E-state index in [1.165, 1.54) is 11.3 Å². The minimum absolute atomic E-state index is 0.131. The third-order valence-electron chi connectivity index (χ3n) is 3.32. The van der Waals surface area contributed by atoms with E-state index >= 15 is 0 Å². The summed E-state index contributed by atoms with van der Waals surface area (Å²) < 4.78 is 5.24. The van der Waals surface area contributed by atoms with Crippen LogP contribution < -0.4 is 10.6 Å². The molecule has 24 heavy (non-hydrogen) atoms. The molecule has 0 atom stereocenters. The SMILES string of the molecule is CCOCCCNC(=O)c1ccccc1NC(=O)Cc1cccs1. The van der Waals surface area contributed by atoms with Gasteiger partial charge in [-0.2, -0.15) is 0 Å². The van der Waals surface area contributed by atoms with Crippen molar-refractivity contribution in [1.29, 1.82) is 0 Å². The second kappa shape index (κ2) is 9.85. The number of ether oxygens (including phenoxy) is 1. The fourth-order valence-corrected chi connectivity index (χ4v) is 2.88. The second-order valence-electron chi connectivity index (χ2n) is 5.16. The van der Waals surface area contributed by atoms with E-state index in [-0.39, 0.29) is 11.8 Å². The van der Waals surface area contributed by atoms with Crippen molar-refractivity contribution in [3.8, 4) is 0 Å². The summed E-state index contributed by atoms with van der Waals surface area (Å²) in [5.41, 5.74) is 0.995. The van der Waals surface area contributed by atoms with E-state index in [9.17, 15) is 9.59 Å². The molecule has 0 fully saturated rings. The van der Waals surface area contributed by atoms with Crippen LogP contribution in [0.3, 0.4) is 0 Å². The first-order valence-corrected chi connectivity index (χ1v) is 8.86. The highest BCUT2D eigenvalue weighted by Crippen LogP contribution is 2.16.